The van der Waals surface area contributed by atoms with Gasteiger partial charge < -0.3 is 10.6 Å². The van der Waals surface area contributed by atoms with Crippen molar-refractivity contribution in [2.24, 2.45) is 0 Å². The summed E-state index contributed by atoms with van der Waals surface area (Å²) in [6.07, 6.45) is -2.78. The van der Waals surface area contributed by atoms with Gasteiger partial charge in [-0.15, -0.1) is 11.8 Å². The minimum atomic E-state index is -4.67. The van der Waals surface area contributed by atoms with E-state index in [2.05, 4.69) is 10.6 Å². The molecule has 0 fully saturated rings. The standard InChI is InChI=1S/C17H16F3N3O3S/c1-27-13-4-2-3-12(10-13)22-16(24)7-8-21-14-6-5-11(17(18,19)20)9-15(14)23(25)26/h2-6,9-10,21H,7-8H2,1H3,(H,22,24). The first kappa shape index (κ1) is 20.6. The van der Waals surface area contributed by atoms with E-state index in [4.69, 9.17) is 0 Å². The summed E-state index contributed by atoms with van der Waals surface area (Å²) in [6, 6.07) is 9.43. The molecule has 0 aromatic heterocycles. The number of alkyl halides is 3. The normalized spacial score (nSPS) is 11.1. The topological polar surface area (TPSA) is 84.3 Å². The summed E-state index contributed by atoms with van der Waals surface area (Å²) >= 11 is 1.52. The number of hydrogen-bond donors (Lipinski definition) is 2. The van der Waals surface area contributed by atoms with Crippen molar-refractivity contribution in [1.82, 2.24) is 0 Å². The zero-order chi connectivity index (χ0) is 20.0. The predicted molar refractivity (Wildman–Crippen MR) is 98.1 cm³/mol. The fourth-order valence-electron chi connectivity index (χ4n) is 2.24. The van der Waals surface area contributed by atoms with Gasteiger partial charge in [-0.2, -0.15) is 13.2 Å². The molecule has 27 heavy (non-hydrogen) atoms. The van der Waals surface area contributed by atoms with Crippen molar-refractivity contribution in [3.8, 4) is 0 Å². The van der Waals surface area contributed by atoms with Gasteiger partial charge in [0.1, 0.15) is 5.69 Å². The van der Waals surface area contributed by atoms with E-state index in [0.29, 0.717) is 11.8 Å². The highest BCUT2D eigenvalue weighted by Gasteiger charge is 2.33. The number of nitrogens with zero attached hydrogens (tertiary/aromatic N) is 1. The largest absolute Gasteiger partial charge is 0.416 e. The van der Waals surface area contributed by atoms with Crippen LogP contribution in [0.3, 0.4) is 0 Å². The van der Waals surface area contributed by atoms with Crippen molar-refractivity contribution in [3.63, 3.8) is 0 Å². The molecule has 6 nitrogen and oxygen atoms in total. The Morgan fingerprint density at radius 2 is 1.96 bits per heavy atom. The number of anilines is 2. The average Bonchev–Trinajstić information content (AvgIpc) is 2.61. The van der Waals surface area contributed by atoms with E-state index < -0.39 is 22.4 Å². The van der Waals surface area contributed by atoms with Gasteiger partial charge in [0.15, 0.2) is 0 Å². The van der Waals surface area contributed by atoms with Crippen LogP contribution in [0.4, 0.5) is 30.2 Å². The van der Waals surface area contributed by atoms with Gasteiger partial charge in [0.2, 0.25) is 5.91 Å². The molecule has 0 aliphatic carbocycles. The van der Waals surface area contributed by atoms with E-state index >= 15 is 0 Å². The first-order chi connectivity index (χ1) is 12.7. The SMILES string of the molecule is CSc1cccc(NC(=O)CCNc2ccc(C(F)(F)F)cc2[N+](=O)[O-])c1. The van der Waals surface area contributed by atoms with E-state index in [1.165, 1.54) is 11.8 Å². The van der Waals surface area contributed by atoms with Crippen molar-refractivity contribution in [2.75, 3.05) is 23.4 Å². The van der Waals surface area contributed by atoms with E-state index in [1.54, 1.807) is 18.2 Å². The van der Waals surface area contributed by atoms with E-state index in [0.717, 1.165) is 17.0 Å². The maximum atomic E-state index is 12.7. The number of rotatable bonds is 7. The third-order valence-electron chi connectivity index (χ3n) is 3.54. The van der Waals surface area contributed by atoms with Crippen LogP contribution in [-0.2, 0) is 11.0 Å². The highest BCUT2D eigenvalue weighted by molar-refractivity contribution is 7.98. The molecule has 0 heterocycles. The van der Waals surface area contributed by atoms with E-state index in [1.807, 2.05) is 12.3 Å². The number of halogens is 3. The zero-order valence-electron chi connectivity index (χ0n) is 14.2. The number of benzene rings is 2. The number of nitro benzene ring substituents is 1. The second-order valence-corrected chi connectivity index (χ2v) is 6.32. The summed E-state index contributed by atoms with van der Waals surface area (Å²) in [5.74, 6) is -0.324. The van der Waals surface area contributed by atoms with Gasteiger partial charge in [0.25, 0.3) is 5.69 Å². The van der Waals surface area contributed by atoms with Crippen LogP contribution in [0.1, 0.15) is 12.0 Å². The minimum absolute atomic E-state index is 0.0122. The molecule has 0 aliphatic rings. The third kappa shape index (κ3) is 5.88. The van der Waals surface area contributed by atoms with Crippen molar-refractivity contribution in [3.05, 3.63) is 58.1 Å². The molecule has 0 radical (unpaired) electrons. The number of amides is 1. The molecule has 0 spiro atoms. The van der Waals surface area contributed by atoms with Gasteiger partial charge in [-0.05, 0) is 36.6 Å². The fraction of sp³-hybridized carbons (Fsp3) is 0.235. The number of nitro groups is 1. The van der Waals surface area contributed by atoms with Crippen LogP contribution in [0.5, 0.6) is 0 Å². The highest BCUT2D eigenvalue weighted by Crippen LogP contribution is 2.34. The first-order valence-electron chi connectivity index (χ1n) is 7.74. The van der Waals surface area contributed by atoms with Crippen molar-refractivity contribution < 1.29 is 22.9 Å². The molecule has 10 heteroatoms. The summed E-state index contributed by atoms with van der Waals surface area (Å²) in [5, 5.41) is 16.3. The number of hydrogen-bond acceptors (Lipinski definition) is 5. The van der Waals surface area contributed by atoms with Crippen LogP contribution in [0.2, 0.25) is 0 Å². The third-order valence-corrected chi connectivity index (χ3v) is 4.27. The summed E-state index contributed by atoms with van der Waals surface area (Å²) in [5.41, 5.74) is -1.26. The van der Waals surface area contributed by atoms with Gasteiger partial charge in [0, 0.05) is 29.6 Å². The number of carbonyl (C=O) groups excluding carboxylic acids is 1. The van der Waals surface area contributed by atoms with E-state index in [-0.39, 0.29) is 24.6 Å². The summed E-state index contributed by atoms with van der Waals surface area (Å²) in [6.45, 7) is 0.0280. The molecule has 0 atom stereocenters. The number of carbonyl (C=O) groups is 1. The molecule has 2 N–H and O–H groups in total. The molecule has 0 saturated carbocycles. The Kier molecular flexibility index (Phi) is 6.67. The van der Waals surface area contributed by atoms with Crippen LogP contribution in [0.15, 0.2) is 47.4 Å². The summed E-state index contributed by atoms with van der Waals surface area (Å²) < 4.78 is 38.1. The van der Waals surface area contributed by atoms with Crippen molar-refractivity contribution in [1.29, 1.82) is 0 Å². The zero-order valence-corrected chi connectivity index (χ0v) is 15.0. The molecule has 144 valence electrons. The maximum absolute atomic E-state index is 12.7. The van der Waals surface area contributed by atoms with Crippen LogP contribution in [0, 0.1) is 10.1 Å². The second kappa shape index (κ2) is 8.76. The fourth-order valence-corrected chi connectivity index (χ4v) is 2.70. The minimum Gasteiger partial charge on any atom is -0.379 e. The lowest BCUT2D eigenvalue weighted by atomic mass is 10.1. The van der Waals surface area contributed by atoms with Gasteiger partial charge in [0.05, 0.1) is 10.5 Å². The van der Waals surface area contributed by atoms with Crippen molar-refractivity contribution >= 4 is 34.7 Å². The van der Waals surface area contributed by atoms with Crippen LogP contribution < -0.4 is 10.6 Å². The highest BCUT2D eigenvalue weighted by atomic mass is 32.2. The van der Waals surface area contributed by atoms with Gasteiger partial charge in [-0.25, -0.2) is 0 Å². The summed E-state index contributed by atoms with van der Waals surface area (Å²) in [7, 11) is 0. The molecule has 2 rings (SSSR count). The lowest BCUT2D eigenvalue weighted by Crippen LogP contribution is -2.16. The van der Waals surface area contributed by atoms with Gasteiger partial charge in [-0.1, -0.05) is 6.07 Å². The Labute approximate surface area is 157 Å². The predicted octanol–water partition coefficient (Wildman–Crippen LogP) is 4.78. The Bertz CT molecular complexity index is 844. The quantitative estimate of drug-likeness (QED) is 0.398. The van der Waals surface area contributed by atoms with Crippen LogP contribution in [0.25, 0.3) is 0 Å². The summed E-state index contributed by atoms with van der Waals surface area (Å²) in [4.78, 5) is 23.1. The smallest absolute Gasteiger partial charge is 0.379 e. The van der Waals surface area contributed by atoms with Crippen molar-refractivity contribution in [2.45, 2.75) is 17.5 Å². The monoisotopic (exact) mass is 399 g/mol. The Morgan fingerprint density at radius 1 is 1.22 bits per heavy atom. The number of thioether (sulfide) groups is 1. The molecule has 1 amide bonds. The molecule has 0 bridgehead atoms. The molecule has 0 aliphatic heterocycles. The molecular weight excluding hydrogens is 383 g/mol. The number of nitrogens with one attached hydrogen (secondary N) is 2. The molecule has 0 unspecified atom stereocenters. The Balaban J connectivity index is 1.97. The Hall–Kier alpha value is -2.75. The molecule has 0 saturated heterocycles. The molecule has 2 aromatic carbocycles. The maximum Gasteiger partial charge on any atom is 0.416 e. The average molecular weight is 399 g/mol. The first-order valence-corrected chi connectivity index (χ1v) is 8.96. The van der Waals surface area contributed by atoms with Gasteiger partial charge >= 0.3 is 6.18 Å². The lowest BCUT2D eigenvalue weighted by molar-refractivity contribution is -0.384. The van der Waals surface area contributed by atoms with Crippen LogP contribution in [-0.4, -0.2) is 23.6 Å². The van der Waals surface area contributed by atoms with Gasteiger partial charge in [-0.3, -0.25) is 14.9 Å². The van der Waals surface area contributed by atoms with Crippen LogP contribution >= 0.6 is 11.8 Å². The molecular formula is C17H16F3N3O3S. The molecule has 2 aromatic rings. The van der Waals surface area contributed by atoms with E-state index in [9.17, 15) is 28.1 Å². The second-order valence-electron chi connectivity index (χ2n) is 5.44. The Morgan fingerprint density at radius 3 is 2.59 bits per heavy atom. The lowest BCUT2D eigenvalue weighted by Gasteiger charge is -2.11.